The van der Waals surface area contributed by atoms with Crippen molar-refractivity contribution in [1.29, 1.82) is 5.26 Å². The van der Waals surface area contributed by atoms with Crippen molar-refractivity contribution in [2.24, 2.45) is 0 Å². The summed E-state index contributed by atoms with van der Waals surface area (Å²) in [6.07, 6.45) is 0.344. The van der Waals surface area contributed by atoms with Crippen molar-refractivity contribution < 1.29 is 5.11 Å². The van der Waals surface area contributed by atoms with Gasteiger partial charge in [0, 0.05) is 5.92 Å². The smallest absolute Gasteiger partial charge is 0.0991 e. The number of nitriles is 1. The molecule has 2 nitrogen and oxygen atoms in total. The van der Waals surface area contributed by atoms with Crippen molar-refractivity contribution in [1.82, 2.24) is 0 Å². The summed E-state index contributed by atoms with van der Waals surface area (Å²) in [6.45, 7) is 0. The Morgan fingerprint density at radius 2 is 1.78 bits per heavy atom. The molecule has 0 heterocycles. The van der Waals surface area contributed by atoms with E-state index in [-0.39, 0.29) is 12.0 Å². The van der Waals surface area contributed by atoms with Crippen LogP contribution in [0.2, 0.25) is 0 Å². The highest BCUT2D eigenvalue weighted by Crippen LogP contribution is 2.38. The molecule has 0 radical (unpaired) electrons. The zero-order valence-corrected chi connectivity index (χ0v) is 9.88. The molecule has 18 heavy (non-hydrogen) atoms. The van der Waals surface area contributed by atoms with Gasteiger partial charge < -0.3 is 5.11 Å². The van der Waals surface area contributed by atoms with Crippen molar-refractivity contribution >= 4 is 0 Å². The van der Waals surface area contributed by atoms with Crippen molar-refractivity contribution in [2.45, 2.75) is 18.4 Å². The number of benzene rings is 2. The van der Waals surface area contributed by atoms with E-state index >= 15 is 0 Å². The zero-order valence-electron chi connectivity index (χ0n) is 9.88. The minimum Gasteiger partial charge on any atom is -0.392 e. The standard InChI is InChI=1S/C16H13NO/c17-10-11-5-7-12(8-6-11)16-14-4-2-1-3-13(14)9-15(16)18/h1-8,15-16,18H,9H2/t15-,16-/m0/s1. The Balaban J connectivity index is 2.04. The van der Waals surface area contributed by atoms with Crippen molar-refractivity contribution in [3.8, 4) is 6.07 Å². The first-order chi connectivity index (χ1) is 8.79. The lowest BCUT2D eigenvalue weighted by atomic mass is 9.91. The fraction of sp³-hybridized carbons (Fsp3) is 0.188. The second kappa shape index (κ2) is 4.29. The van der Waals surface area contributed by atoms with E-state index in [1.807, 2.05) is 36.4 Å². The number of nitrogens with zero attached hydrogens (tertiary/aromatic N) is 1. The Bertz CT molecular complexity index is 610. The molecule has 0 bridgehead atoms. The molecular formula is C16H13NO. The number of aliphatic hydroxyl groups excluding tert-OH is 1. The van der Waals surface area contributed by atoms with Gasteiger partial charge in [-0.1, -0.05) is 36.4 Å². The van der Waals surface area contributed by atoms with E-state index in [4.69, 9.17) is 5.26 Å². The van der Waals surface area contributed by atoms with Gasteiger partial charge in [-0.2, -0.15) is 5.26 Å². The summed E-state index contributed by atoms with van der Waals surface area (Å²) in [5.41, 5.74) is 4.15. The summed E-state index contributed by atoms with van der Waals surface area (Å²) >= 11 is 0. The Labute approximate surface area is 106 Å². The van der Waals surface area contributed by atoms with Crippen LogP contribution in [-0.2, 0) is 6.42 Å². The molecule has 1 aliphatic carbocycles. The highest BCUT2D eigenvalue weighted by molar-refractivity contribution is 5.45. The summed E-state index contributed by atoms with van der Waals surface area (Å²) in [4.78, 5) is 0. The van der Waals surface area contributed by atoms with Crippen LogP contribution in [0.15, 0.2) is 48.5 Å². The molecule has 0 aliphatic heterocycles. The molecular weight excluding hydrogens is 222 g/mol. The van der Waals surface area contributed by atoms with Crippen LogP contribution in [0.5, 0.6) is 0 Å². The van der Waals surface area contributed by atoms with Gasteiger partial charge >= 0.3 is 0 Å². The Hall–Kier alpha value is -2.11. The minimum atomic E-state index is -0.365. The van der Waals surface area contributed by atoms with Crippen LogP contribution < -0.4 is 0 Å². The summed E-state index contributed by atoms with van der Waals surface area (Å²) in [7, 11) is 0. The molecule has 0 amide bonds. The van der Waals surface area contributed by atoms with Crippen LogP contribution in [-0.4, -0.2) is 11.2 Å². The lowest BCUT2D eigenvalue weighted by Crippen LogP contribution is -2.14. The minimum absolute atomic E-state index is 0.0361. The number of hydrogen-bond acceptors (Lipinski definition) is 2. The molecule has 1 N–H and O–H groups in total. The second-order valence-corrected chi connectivity index (χ2v) is 4.68. The molecule has 0 saturated carbocycles. The first-order valence-electron chi connectivity index (χ1n) is 6.05. The van der Waals surface area contributed by atoms with Crippen molar-refractivity contribution in [2.75, 3.05) is 0 Å². The van der Waals surface area contributed by atoms with E-state index in [0.717, 1.165) is 5.56 Å². The van der Waals surface area contributed by atoms with Crippen LogP contribution in [0.25, 0.3) is 0 Å². The van der Waals surface area contributed by atoms with Crippen LogP contribution in [0, 0.1) is 11.3 Å². The lowest BCUT2D eigenvalue weighted by molar-refractivity contribution is 0.169. The molecule has 3 rings (SSSR count). The molecule has 0 aromatic heterocycles. The number of rotatable bonds is 1. The third-order valence-corrected chi connectivity index (χ3v) is 3.60. The predicted molar refractivity (Wildman–Crippen MR) is 69.2 cm³/mol. The van der Waals surface area contributed by atoms with Gasteiger partial charge in [0.1, 0.15) is 0 Å². The monoisotopic (exact) mass is 235 g/mol. The first-order valence-corrected chi connectivity index (χ1v) is 6.05. The van der Waals surface area contributed by atoms with Crippen molar-refractivity contribution in [3.05, 3.63) is 70.8 Å². The maximum atomic E-state index is 10.2. The number of fused-ring (bicyclic) bond motifs is 1. The molecule has 2 heteroatoms. The number of hydrogen-bond donors (Lipinski definition) is 1. The van der Waals surface area contributed by atoms with E-state index < -0.39 is 0 Å². The molecule has 2 atom stereocenters. The summed E-state index contributed by atoms with van der Waals surface area (Å²) in [5.74, 6) is 0.0361. The third-order valence-electron chi connectivity index (χ3n) is 3.60. The van der Waals surface area contributed by atoms with E-state index in [1.165, 1.54) is 11.1 Å². The topological polar surface area (TPSA) is 44.0 Å². The van der Waals surface area contributed by atoms with Gasteiger partial charge in [0.05, 0.1) is 17.7 Å². The first kappa shape index (κ1) is 11.0. The third kappa shape index (κ3) is 1.70. The SMILES string of the molecule is N#Cc1ccc([C@H]2c3ccccc3C[C@@H]2O)cc1. The van der Waals surface area contributed by atoms with Crippen LogP contribution >= 0.6 is 0 Å². The maximum Gasteiger partial charge on any atom is 0.0991 e. The van der Waals surface area contributed by atoms with Crippen LogP contribution in [0.1, 0.15) is 28.2 Å². The summed E-state index contributed by atoms with van der Waals surface area (Å²) in [6, 6.07) is 17.8. The molecule has 1 aliphatic rings. The molecule has 2 aromatic rings. The quantitative estimate of drug-likeness (QED) is 0.825. The van der Waals surface area contributed by atoms with Crippen LogP contribution in [0.4, 0.5) is 0 Å². The fourth-order valence-electron chi connectivity index (χ4n) is 2.74. The average molecular weight is 235 g/mol. The highest BCUT2D eigenvalue weighted by atomic mass is 16.3. The second-order valence-electron chi connectivity index (χ2n) is 4.68. The van der Waals surface area contributed by atoms with Gasteiger partial charge in [-0.25, -0.2) is 0 Å². The Morgan fingerprint density at radius 3 is 2.50 bits per heavy atom. The van der Waals surface area contributed by atoms with Crippen LogP contribution in [0.3, 0.4) is 0 Å². The van der Waals surface area contributed by atoms with Gasteiger partial charge in [0.15, 0.2) is 0 Å². The van der Waals surface area contributed by atoms with E-state index in [2.05, 4.69) is 18.2 Å². The van der Waals surface area contributed by atoms with Gasteiger partial charge in [-0.3, -0.25) is 0 Å². The largest absolute Gasteiger partial charge is 0.392 e. The Kier molecular flexibility index (Phi) is 2.62. The van der Waals surface area contributed by atoms with Gasteiger partial charge in [-0.05, 0) is 35.2 Å². The molecule has 2 aromatic carbocycles. The maximum absolute atomic E-state index is 10.2. The average Bonchev–Trinajstić information content (AvgIpc) is 2.75. The van der Waals surface area contributed by atoms with E-state index in [9.17, 15) is 5.11 Å². The van der Waals surface area contributed by atoms with Gasteiger partial charge in [-0.15, -0.1) is 0 Å². The fourth-order valence-corrected chi connectivity index (χ4v) is 2.74. The molecule has 0 saturated heterocycles. The lowest BCUT2D eigenvalue weighted by Gasteiger charge is -2.16. The predicted octanol–water partition coefficient (Wildman–Crippen LogP) is 2.61. The van der Waals surface area contributed by atoms with E-state index in [0.29, 0.717) is 12.0 Å². The molecule has 88 valence electrons. The highest BCUT2D eigenvalue weighted by Gasteiger charge is 2.31. The normalized spacial score (nSPS) is 21.3. The molecule has 0 spiro atoms. The summed E-state index contributed by atoms with van der Waals surface area (Å²) in [5, 5.41) is 19.0. The van der Waals surface area contributed by atoms with Gasteiger partial charge in [0.25, 0.3) is 0 Å². The van der Waals surface area contributed by atoms with Crippen molar-refractivity contribution in [3.63, 3.8) is 0 Å². The summed E-state index contributed by atoms with van der Waals surface area (Å²) < 4.78 is 0. The number of aliphatic hydroxyl groups is 1. The molecule has 0 unspecified atom stereocenters. The van der Waals surface area contributed by atoms with Gasteiger partial charge in [0.2, 0.25) is 0 Å². The van der Waals surface area contributed by atoms with E-state index in [1.54, 1.807) is 0 Å². The Morgan fingerprint density at radius 1 is 1.06 bits per heavy atom. The molecule has 0 fully saturated rings. The zero-order chi connectivity index (χ0) is 12.5.